The van der Waals surface area contributed by atoms with Crippen molar-refractivity contribution in [2.75, 3.05) is 13.1 Å². The number of fused-ring (bicyclic) bond motifs is 1. The predicted molar refractivity (Wildman–Crippen MR) is 162 cm³/mol. The van der Waals surface area contributed by atoms with Gasteiger partial charge in [0, 0.05) is 48.1 Å². The monoisotopic (exact) mass is 560 g/mol. The number of nitrogens with zero attached hydrogens (tertiary/aromatic N) is 4. The lowest BCUT2D eigenvalue weighted by Gasteiger charge is -2.15. The molecule has 10 nitrogen and oxygen atoms in total. The van der Waals surface area contributed by atoms with Crippen LogP contribution in [0.5, 0.6) is 5.88 Å². The van der Waals surface area contributed by atoms with Gasteiger partial charge in [0.15, 0.2) is 5.88 Å². The van der Waals surface area contributed by atoms with Crippen molar-refractivity contribution >= 4 is 46.0 Å². The standard InChI is InChI=1S/C32H28N6O4/c39-29-2-1-16-37(29)17-15-22-3-8-23(9-4-22)31(30-27-18-26(38(41)42)13-14-28(27)36-32(30)40)35-24-10-5-21(6-11-24)7-12-25-19-33-20-34-25/h3-14,18-20,36,40H,1-2,15-17H2,(H,33,34)/b12-7+,35-31?. The molecule has 1 fully saturated rings. The first-order chi connectivity index (χ1) is 20.4. The zero-order valence-corrected chi connectivity index (χ0v) is 22.7. The summed E-state index contributed by atoms with van der Waals surface area (Å²) in [6.45, 7) is 1.48. The van der Waals surface area contributed by atoms with E-state index in [0.717, 1.165) is 41.8 Å². The minimum Gasteiger partial charge on any atom is -0.494 e. The number of non-ortho nitro benzene ring substituents is 1. The number of aromatic hydroxyl groups is 1. The van der Waals surface area contributed by atoms with Crippen LogP contribution in [0.1, 0.15) is 40.8 Å². The molecule has 0 atom stereocenters. The van der Waals surface area contributed by atoms with Crippen LogP contribution in [-0.4, -0.2) is 54.6 Å². The highest BCUT2D eigenvalue weighted by atomic mass is 16.6. The lowest BCUT2D eigenvalue weighted by Crippen LogP contribution is -2.26. The maximum Gasteiger partial charge on any atom is 0.270 e. The van der Waals surface area contributed by atoms with Crippen LogP contribution in [0.25, 0.3) is 23.1 Å². The molecule has 3 aromatic carbocycles. The number of nitro groups is 1. The Balaban J connectivity index is 1.36. The Labute approximate surface area is 241 Å². The molecule has 42 heavy (non-hydrogen) atoms. The Morgan fingerprint density at radius 2 is 1.90 bits per heavy atom. The number of carbonyl (C=O) groups excluding carboxylic acids is 1. The number of H-pyrrole nitrogens is 2. The highest BCUT2D eigenvalue weighted by Gasteiger charge is 2.22. The number of likely N-dealkylation sites (tertiary alicyclic amines) is 1. The van der Waals surface area contributed by atoms with Gasteiger partial charge in [0.2, 0.25) is 5.91 Å². The van der Waals surface area contributed by atoms with E-state index in [-0.39, 0.29) is 17.5 Å². The molecule has 0 aliphatic carbocycles. The van der Waals surface area contributed by atoms with E-state index in [4.69, 9.17) is 4.99 Å². The highest BCUT2D eigenvalue weighted by molar-refractivity contribution is 6.22. The van der Waals surface area contributed by atoms with E-state index in [9.17, 15) is 20.0 Å². The molecule has 0 saturated carbocycles. The van der Waals surface area contributed by atoms with Crippen molar-refractivity contribution in [3.05, 3.63) is 117 Å². The molecular weight excluding hydrogens is 532 g/mol. The van der Waals surface area contributed by atoms with Crippen LogP contribution >= 0.6 is 0 Å². The quantitative estimate of drug-likeness (QED) is 0.115. The number of benzene rings is 3. The van der Waals surface area contributed by atoms with Gasteiger partial charge in [-0.25, -0.2) is 9.98 Å². The zero-order valence-electron chi connectivity index (χ0n) is 22.7. The predicted octanol–water partition coefficient (Wildman–Crippen LogP) is 6.01. The van der Waals surface area contributed by atoms with Crippen LogP contribution in [0, 0.1) is 10.1 Å². The average molecular weight is 561 g/mol. The number of aromatic nitrogens is 3. The van der Waals surface area contributed by atoms with Crippen LogP contribution in [-0.2, 0) is 11.2 Å². The second kappa shape index (κ2) is 11.5. The fraction of sp³-hybridized carbons (Fsp3) is 0.156. The number of carbonyl (C=O) groups is 1. The van der Waals surface area contributed by atoms with Crippen LogP contribution in [0.15, 0.2) is 84.2 Å². The van der Waals surface area contributed by atoms with Gasteiger partial charge in [-0.05, 0) is 48.2 Å². The molecule has 5 aromatic rings. The first kappa shape index (κ1) is 26.7. The summed E-state index contributed by atoms with van der Waals surface area (Å²) in [7, 11) is 0. The molecule has 1 amide bonds. The Kier molecular flexibility index (Phi) is 7.33. The molecule has 0 unspecified atom stereocenters. The molecule has 210 valence electrons. The second-order valence-electron chi connectivity index (χ2n) is 10.2. The molecule has 10 heteroatoms. The third-order valence-electron chi connectivity index (χ3n) is 7.39. The van der Waals surface area contributed by atoms with Crippen molar-refractivity contribution in [3.63, 3.8) is 0 Å². The van der Waals surface area contributed by atoms with E-state index in [1.165, 1.54) is 12.1 Å². The molecule has 1 saturated heterocycles. The van der Waals surface area contributed by atoms with Crippen LogP contribution in [0.4, 0.5) is 11.4 Å². The molecule has 2 aromatic heterocycles. The van der Waals surface area contributed by atoms with Gasteiger partial charge < -0.3 is 20.0 Å². The van der Waals surface area contributed by atoms with Gasteiger partial charge in [-0.15, -0.1) is 0 Å². The summed E-state index contributed by atoms with van der Waals surface area (Å²) in [5, 5.41) is 23.0. The van der Waals surface area contributed by atoms with Gasteiger partial charge in [-0.2, -0.15) is 0 Å². The van der Waals surface area contributed by atoms with E-state index in [1.807, 2.05) is 65.6 Å². The summed E-state index contributed by atoms with van der Waals surface area (Å²) >= 11 is 0. The van der Waals surface area contributed by atoms with Gasteiger partial charge in [0.1, 0.15) is 0 Å². The summed E-state index contributed by atoms with van der Waals surface area (Å²) in [5.74, 6) is 0.0766. The van der Waals surface area contributed by atoms with E-state index in [1.54, 1.807) is 18.6 Å². The van der Waals surface area contributed by atoms with Gasteiger partial charge in [-0.3, -0.25) is 14.9 Å². The Morgan fingerprint density at radius 3 is 2.60 bits per heavy atom. The number of rotatable bonds is 9. The fourth-order valence-corrected chi connectivity index (χ4v) is 5.15. The van der Waals surface area contributed by atoms with Crippen molar-refractivity contribution < 1.29 is 14.8 Å². The minimum absolute atomic E-state index is 0.0812. The first-order valence-electron chi connectivity index (χ1n) is 13.7. The minimum atomic E-state index is -0.459. The lowest BCUT2D eigenvalue weighted by atomic mass is 9.98. The lowest BCUT2D eigenvalue weighted by molar-refractivity contribution is -0.384. The van der Waals surface area contributed by atoms with Gasteiger partial charge in [-0.1, -0.05) is 42.5 Å². The molecule has 3 N–H and O–H groups in total. The van der Waals surface area contributed by atoms with Crippen molar-refractivity contribution in [2.45, 2.75) is 19.3 Å². The van der Waals surface area contributed by atoms with Crippen LogP contribution in [0.2, 0.25) is 0 Å². The normalized spacial score (nSPS) is 14.0. The van der Waals surface area contributed by atoms with Gasteiger partial charge >= 0.3 is 0 Å². The maximum absolute atomic E-state index is 12.0. The number of aliphatic imine (C=N–C) groups is 1. The maximum atomic E-state index is 12.0. The number of imidazole rings is 1. The number of nitro benzene ring substituents is 1. The van der Waals surface area contributed by atoms with E-state index in [2.05, 4.69) is 15.0 Å². The molecule has 0 spiro atoms. The van der Waals surface area contributed by atoms with E-state index in [0.29, 0.717) is 40.8 Å². The van der Waals surface area contributed by atoms with Crippen molar-refractivity contribution in [1.82, 2.24) is 19.9 Å². The van der Waals surface area contributed by atoms with Crippen LogP contribution < -0.4 is 0 Å². The topological polar surface area (TPSA) is 141 Å². The zero-order chi connectivity index (χ0) is 29.1. The first-order valence-corrected chi connectivity index (χ1v) is 13.7. The summed E-state index contributed by atoms with van der Waals surface area (Å²) in [5.41, 5.74) is 5.66. The Bertz CT molecular complexity index is 1800. The number of hydrogen-bond acceptors (Lipinski definition) is 6. The van der Waals surface area contributed by atoms with E-state index < -0.39 is 4.92 Å². The third kappa shape index (κ3) is 5.68. The number of amides is 1. The van der Waals surface area contributed by atoms with Crippen molar-refractivity contribution in [1.29, 1.82) is 0 Å². The highest BCUT2D eigenvalue weighted by Crippen LogP contribution is 2.34. The molecule has 1 aliphatic rings. The smallest absolute Gasteiger partial charge is 0.270 e. The van der Waals surface area contributed by atoms with Gasteiger partial charge in [0.05, 0.1) is 40.1 Å². The third-order valence-corrected chi connectivity index (χ3v) is 7.39. The summed E-state index contributed by atoms with van der Waals surface area (Å²) in [4.78, 5) is 39.9. The fourth-order valence-electron chi connectivity index (χ4n) is 5.15. The molecule has 0 bridgehead atoms. The molecule has 1 aliphatic heterocycles. The summed E-state index contributed by atoms with van der Waals surface area (Å²) in [6, 6.07) is 19.9. The molecule has 6 rings (SSSR count). The van der Waals surface area contributed by atoms with Crippen molar-refractivity contribution in [2.24, 2.45) is 4.99 Å². The molecule has 0 radical (unpaired) electrons. The molecular formula is C32H28N6O4. The average Bonchev–Trinajstić information content (AvgIpc) is 3.74. The summed E-state index contributed by atoms with van der Waals surface area (Å²) < 4.78 is 0. The number of nitrogens with one attached hydrogen (secondary N) is 2. The van der Waals surface area contributed by atoms with Gasteiger partial charge in [0.25, 0.3) is 5.69 Å². The van der Waals surface area contributed by atoms with Crippen molar-refractivity contribution in [3.8, 4) is 5.88 Å². The number of hydrogen-bond donors (Lipinski definition) is 3. The van der Waals surface area contributed by atoms with E-state index >= 15 is 0 Å². The summed E-state index contributed by atoms with van der Waals surface area (Å²) in [6.07, 6.45) is 9.50. The molecule has 3 heterocycles. The second-order valence-corrected chi connectivity index (χ2v) is 10.2. The number of aromatic amines is 2. The largest absolute Gasteiger partial charge is 0.494 e. The Morgan fingerprint density at radius 1 is 1.10 bits per heavy atom. The SMILES string of the molecule is O=C1CCCN1CCc1ccc(C(=Nc2ccc(/C=C/c3cnc[nH]3)cc2)c2c(O)[nH]c3ccc([N+](=O)[O-])cc23)cc1. The Hall–Kier alpha value is -5.51. The van der Waals surface area contributed by atoms with Crippen LogP contribution in [0.3, 0.4) is 0 Å².